The SMILES string of the molecule is COCC#Cc1cc(C#N)c2c(c1)CN(S)C2=O. The highest BCUT2D eigenvalue weighted by atomic mass is 32.1. The molecule has 0 fully saturated rings. The van der Waals surface area contributed by atoms with Crippen molar-refractivity contribution in [2.24, 2.45) is 0 Å². The molecule has 0 aromatic heterocycles. The lowest BCUT2D eigenvalue weighted by atomic mass is 10.0. The molecular weight excluding hydrogens is 248 g/mol. The van der Waals surface area contributed by atoms with Crippen LogP contribution in [0.2, 0.25) is 0 Å². The van der Waals surface area contributed by atoms with Crippen LogP contribution in [0.25, 0.3) is 0 Å². The minimum Gasteiger partial charge on any atom is -0.372 e. The summed E-state index contributed by atoms with van der Waals surface area (Å²) in [6.45, 7) is 0.725. The molecule has 1 aliphatic heterocycles. The van der Waals surface area contributed by atoms with Crippen molar-refractivity contribution in [3.63, 3.8) is 0 Å². The Morgan fingerprint density at radius 3 is 3.00 bits per heavy atom. The molecule has 90 valence electrons. The van der Waals surface area contributed by atoms with Crippen molar-refractivity contribution in [2.45, 2.75) is 6.54 Å². The van der Waals surface area contributed by atoms with E-state index in [-0.39, 0.29) is 5.91 Å². The number of benzene rings is 1. The summed E-state index contributed by atoms with van der Waals surface area (Å²) in [6.07, 6.45) is 0. The Bertz CT molecular complexity index is 608. The van der Waals surface area contributed by atoms with Gasteiger partial charge >= 0.3 is 0 Å². The largest absolute Gasteiger partial charge is 0.372 e. The molecule has 0 unspecified atom stereocenters. The quantitative estimate of drug-likeness (QED) is 0.611. The van der Waals surface area contributed by atoms with E-state index >= 15 is 0 Å². The number of nitrogens with zero attached hydrogens (tertiary/aromatic N) is 2. The maximum Gasteiger partial charge on any atom is 0.265 e. The van der Waals surface area contributed by atoms with Crippen molar-refractivity contribution < 1.29 is 9.53 Å². The molecule has 0 N–H and O–H groups in total. The zero-order valence-corrected chi connectivity index (χ0v) is 10.6. The zero-order valence-electron chi connectivity index (χ0n) is 9.73. The first-order valence-electron chi connectivity index (χ1n) is 5.23. The van der Waals surface area contributed by atoms with Crippen LogP contribution in [-0.4, -0.2) is 23.9 Å². The van der Waals surface area contributed by atoms with Crippen LogP contribution in [0, 0.1) is 23.2 Å². The molecule has 1 aromatic rings. The first-order valence-corrected chi connectivity index (χ1v) is 5.63. The van der Waals surface area contributed by atoms with E-state index in [0.717, 1.165) is 5.56 Å². The molecule has 0 aliphatic carbocycles. The summed E-state index contributed by atoms with van der Waals surface area (Å²) in [6, 6.07) is 5.46. The Morgan fingerprint density at radius 1 is 1.56 bits per heavy atom. The summed E-state index contributed by atoms with van der Waals surface area (Å²) in [7, 11) is 1.57. The van der Waals surface area contributed by atoms with Crippen LogP contribution in [0.15, 0.2) is 12.1 Å². The molecule has 4 nitrogen and oxygen atoms in total. The second-order valence-corrected chi connectivity index (χ2v) is 4.25. The van der Waals surface area contributed by atoms with Gasteiger partial charge in [0.1, 0.15) is 12.7 Å². The van der Waals surface area contributed by atoms with E-state index in [9.17, 15) is 4.79 Å². The monoisotopic (exact) mass is 258 g/mol. The van der Waals surface area contributed by atoms with Gasteiger partial charge in [0.2, 0.25) is 0 Å². The fourth-order valence-electron chi connectivity index (χ4n) is 1.81. The third kappa shape index (κ3) is 2.19. The van der Waals surface area contributed by atoms with Crippen LogP contribution in [-0.2, 0) is 11.3 Å². The smallest absolute Gasteiger partial charge is 0.265 e. The molecule has 0 saturated heterocycles. The van der Waals surface area contributed by atoms with Gasteiger partial charge in [0.15, 0.2) is 0 Å². The fourth-order valence-corrected chi connectivity index (χ4v) is 2.06. The Morgan fingerprint density at radius 2 is 2.33 bits per heavy atom. The third-order valence-corrected chi connectivity index (χ3v) is 2.88. The second-order valence-electron chi connectivity index (χ2n) is 3.77. The van der Waals surface area contributed by atoms with E-state index in [1.54, 1.807) is 13.2 Å². The van der Waals surface area contributed by atoms with Crippen LogP contribution in [0.3, 0.4) is 0 Å². The lowest BCUT2D eigenvalue weighted by molar-refractivity contribution is 0.0891. The number of hydrogen-bond donors (Lipinski definition) is 1. The maximum atomic E-state index is 11.8. The molecule has 0 radical (unpaired) electrons. The molecule has 1 amide bonds. The molecular formula is C13H10N2O2S. The van der Waals surface area contributed by atoms with Crippen molar-refractivity contribution in [2.75, 3.05) is 13.7 Å². The van der Waals surface area contributed by atoms with Gasteiger partial charge in [-0.2, -0.15) is 5.26 Å². The van der Waals surface area contributed by atoms with Gasteiger partial charge in [0, 0.05) is 12.7 Å². The zero-order chi connectivity index (χ0) is 13.1. The van der Waals surface area contributed by atoms with E-state index in [4.69, 9.17) is 10.00 Å². The lowest BCUT2D eigenvalue weighted by Gasteiger charge is -2.02. The Kier molecular flexibility index (Phi) is 3.57. The highest BCUT2D eigenvalue weighted by Crippen LogP contribution is 2.28. The number of carbonyl (C=O) groups excluding carboxylic acids is 1. The number of carbonyl (C=O) groups is 1. The van der Waals surface area contributed by atoms with Gasteiger partial charge in [-0.3, -0.25) is 9.10 Å². The molecule has 0 bridgehead atoms. The van der Waals surface area contributed by atoms with Crippen molar-refractivity contribution in [3.05, 3.63) is 34.4 Å². The van der Waals surface area contributed by atoms with E-state index in [1.807, 2.05) is 12.1 Å². The van der Waals surface area contributed by atoms with Crippen LogP contribution in [0.1, 0.15) is 27.0 Å². The minimum absolute atomic E-state index is 0.235. The Labute approximate surface area is 111 Å². The van der Waals surface area contributed by atoms with E-state index in [1.165, 1.54) is 4.31 Å². The average molecular weight is 258 g/mol. The van der Waals surface area contributed by atoms with Crippen molar-refractivity contribution in [1.29, 1.82) is 5.26 Å². The molecule has 18 heavy (non-hydrogen) atoms. The molecule has 0 spiro atoms. The number of ether oxygens (including phenoxy) is 1. The van der Waals surface area contributed by atoms with E-state index in [2.05, 4.69) is 24.7 Å². The summed E-state index contributed by atoms with van der Waals surface area (Å²) in [5, 5.41) is 9.08. The number of hydrogen-bond acceptors (Lipinski definition) is 4. The van der Waals surface area contributed by atoms with Crippen LogP contribution in [0.5, 0.6) is 0 Å². The van der Waals surface area contributed by atoms with Gasteiger partial charge < -0.3 is 4.74 Å². The van der Waals surface area contributed by atoms with Crippen molar-refractivity contribution >= 4 is 18.7 Å². The van der Waals surface area contributed by atoms with E-state index in [0.29, 0.717) is 29.8 Å². The molecule has 1 aromatic carbocycles. The number of fused-ring (bicyclic) bond motifs is 1. The molecule has 1 aliphatic rings. The molecule has 0 atom stereocenters. The van der Waals surface area contributed by atoms with Gasteiger partial charge in [0.05, 0.1) is 17.7 Å². The summed E-state index contributed by atoms with van der Waals surface area (Å²) >= 11 is 4.06. The number of thiol groups is 1. The first kappa shape index (κ1) is 12.5. The van der Waals surface area contributed by atoms with Gasteiger partial charge in [0.25, 0.3) is 5.91 Å². The molecule has 1 heterocycles. The third-order valence-electron chi connectivity index (χ3n) is 2.56. The molecule has 5 heteroatoms. The molecule has 2 rings (SSSR count). The normalized spacial score (nSPS) is 12.7. The van der Waals surface area contributed by atoms with Gasteiger partial charge in [-0.25, -0.2) is 0 Å². The predicted octanol–water partition coefficient (Wildman–Crippen LogP) is 1.36. The molecule has 0 saturated carbocycles. The summed E-state index contributed by atoms with van der Waals surface area (Å²) in [4.78, 5) is 11.8. The topological polar surface area (TPSA) is 53.3 Å². The average Bonchev–Trinajstić information content (AvgIpc) is 2.65. The van der Waals surface area contributed by atoms with E-state index < -0.39 is 0 Å². The minimum atomic E-state index is -0.235. The van der Waals surface area contributed by atoms with Gasteiger partial charge in [-0.1, -0.05) is 24.7 Å². The number of amides is 1. The standard InChI is InChI=1S/C13H10N2O2S/c1-17-4-2-3-9-5-10(7-14)12-11(6-9)8-15(18)13(12)16/h5-6,18H,4,8H2,1H3. The summed E-state index contributed by atoms with van der Waals surface area (Å²) in [5.41, 5.74) is 2.27. The van der Waals surface area contributed by atoms with Gasteiger partial charge in [-0.15, -0.1) is 0 Å². The maximum absolute atomic E-state index is 11.8. The van der Waals surface area contributed by atoms with Crippen molar-refractivity contribution in [1.82, 2.24) is 4.31 Å². The summed E-state index contributed by atoms with van der Waals surface area (Å²) < 4.78 is 6.12. The number of nitriles is 1. The fraction of sp³-hybridized carbons (Fsp3) is 0.231. The number of methoxy groups -OCH3 is 1. The van der Waals surface area contributed by atoms with Crippen LogP contribution < -0.4 is 0 Å². The van der Waals surface area contributed by atoms with Crippen LogP contribution in [0.4, 0.5) is 0 Å². The lowest BCUT2D eigenvalue weighted by Crippen LogP contribution is -2.12. The second kappa shape index (κ2) is 5.14. The van der Waals surface area contributed by atoms with Crippen molar-refractivity contribution in [3.8, 4) is 17.9 Å². The Hall–Kier alpha value is -1.95. The van der Waals surface area contributed by atoms with Crippen LogP contribution >= 0.6 is 12.8 Å². The highest BCUT2D eigenvalue weighted by Gasteiger charge is 2.28. The predicted molar refractivity (Wildman–Crippen MR) is 68.8 cm³/mol. The highest BCUT2D eigenvalue weighted by molar-refractivity contribution is 7.78. The Balaban J connectivity index is 2.47. The number of rotatable bonds is 1. The first-order chi connectivity index (χ1) is 8.67. The summed E-state index contributed by atoms with van der Waals surface area (Å²) in [5.74, 6) is 5.48. The van der Waals surface area contributed by atoms with Gasteiger partial charge in [-0.05, 0) is 17.7 Å².